The maximum atomic E-state index is 10.8. The van der Waals surface area contributed by atoms with Gasteiger partial charge in [-0.2, -0.15) is 0 Å². The second-order valence-electron chi connectivity index (χ2n) is 3.48. The molecular formula is C12H10ClO4P. The monoisotopic (exact) mass is 285 g/mol. The maximum Gasteiger partial charge on any atom is 0.524 e. The van der Waals surface area contributed by atoms with Crippen molar-refractivity contribution in [1.29, 1.82) is 0 Å². The van der Waals surface area contributed by atoms with E-state index in [0.29, 0.717) is 11.1 Å². The quantitative estimate of drug-likeness (QED) is 0.847. The van der Waals surface area contributed by atoms with Crippen LogP contribution in [-0.4, -0.2) is 9.79 Å². The highest BCUT2D eigenvalue weighted by Gasteiger charge is 2.19. The smallest absolute Gasteiger partial charge is 0.403 e. The van der Waals surface area contributed by atoms with Crippen molar-refractivity contribution in [3.8, 4) is 16.9 Å². The first kappa shape index (κ1) is 11.8. The topological polar surface area (TPSA) is 66.8 Å². The summed E-state index contributed by atoms with van der Waals surface area (Å²) in [6, 6.07) is 11.6. The Hall–Kier alpha value is -1.32. The summed E-state index contributed by atoms with van der Waals surface area (Å²) in [6.45, 7) is 0. The summed E-state index contributed by atoms with van der Waals surface area (Å²) in [7, 11) is -4.67. The fourth-order valence-corrected chi connectivity index (χ4v) is 2.21. The zero-order valence-corrected chi connectivity index (χ0v) is 10.7. The third-order valence-corrected chi connectivity index (χ3v) is 3.00. The lowest BCUT2D eigenvalue weighted by molar-refractivity contribution is 0.283. The van der Waals surface area contributed by atoms with Gasteiger partial charge in [-0.3, -0.25) is 9.79 Å². The Kier molecular flexibility index (Phi) is 3.35. The fourth-order valence-electron chi connectivity index (χ4n) is 1.48. The SMILES string of the molecule is [2H]c1ccccc1-c1cccc(OP(=O)(O)O)c1Cl. The summed E-state index contributed by atoms with van der Waals surface area (Å²) < 4.78 is 23.2. The number of phosphoric acid groups is 1. The van der Waals surface area contributed by atoms with Crippen molar-refractivity contribution >= 4 is 19.4 Å². The molecule has 0 aliphatic rings. The average Bonchev–Trinajstić information content (AvgIpc) is 2.31. The highest BCUT2D eigenvalue weighted by atomic mass is 35.5. The van der Waals surface area contributed by atoms with E-state index in [4.69, 9.17) is 22.8 Å². The van der Waals surface area contributed by atoms with Crippen molar-refractivity contribution in [3.05, 3.63) is 53.5 Å². The summed E-state index contributed by atoms with van der Waals surface area (Å²) >= 11 is 6.07. The molecule has 2 rings (SSSR count). The Morgan fingerprint density at radius 3 is 2.61 bits per heavy atom. The highest BCUT2D eigenvalue weighted by Crippen LogP contribution is 2.43. The minimum Gasteiger partial charge on any atom is -0.403 e. The zero-order valence-electron chi connectivity index (χ0n) is 10.1. The van der Waals surface area contributed by atoms with E-state index in [9.17, 15) is 4.57 Å². The van der Waals surface area contributed by atoms with E-state index in [1.54, 1.807) is 36.4 Å². The summed E-state index contributed by atoms with van der Waals surface area (Å²) in [6.07, 6.45) is 0. The number of benzene rings is 2. The predicted octanol–water partition coefficient (Wildman–Crippen LogP) is 3.48. The first-order valence-electron chi connectivity index (χ1n) is 5.48. The second kappa shape index (κ2) is 5.12. The second-order valence-corrected chi connectivity index (χ2v) is 5.02. The van der Waals surface area contributed by atoms with E-state index in [1.165, 1.54) is 6.07 Å². The van der Waals surface area contributed by atoms with E-state index < -0.39 is 7.82 Å². The van der Waals surface area contributed by atoms with Crippen molar-refractivity contribution in [2.45, 2.75) is 0 Å². The number of rotatable bonds is 3. The van der Waals surface area contributed by atoms with E-state index in [-0.39, 0.29) is 16.8 Å². The highest BCUT2D eigenvalue weighted by molar-refractivity contribution is 7.46. The summed E-state index contributed by atoms with van der Waals surface area (Å²) in [5.41, 5.74) is 1.04. The number of halogens is 1. The van der Waals surface area contributed by atoms with Gasteiger partial charge in [-0.15, -0.1) is 0 Å². The van der Waals surface area contributed by atoms with Gasteiger partial charge in [-0.1, -0.05) is 54.0 Å². The molecule has 18 heavy (non-hydrogen) atoms. The molecule has 0 atom stereocenters. The average molecular weight is 286 g/mol. The van der Waals surface area contributed by atoms with Crippen LogP contribution in [0.15, 0.2) is 48.5 Å². The maximum absolute atomic E-state index is 10.8. The molecule has 2 aromatic carbocycles. The first-order valence-corrected chi connectivity index (χ1v) is 6.89. The van der Waals surface area contributed by atoms with Crippen LogP contribution in [0.5, 0.6) is 5.75 Å². The Labute approximate surface area is 110 Å². The van der Waals surface area contributed by atoms with Crippen LogP contribution in [0.4, 0.5) is 0 Å². The van der Waals surface area contributed by atoms with Gasteiger partial charge in [-0.05, 0) is 11.6 Å². The van der Waals surface area contributed by atoms with E-state index >= 15 is 0 Å². The van der Waals surface area contributed by atoms with Crippen LogP contribution in [0.25, 0.3) is 11.1 Å². The number of phosphoric ester groups is 1. The molecule has 0 aliphatic heterocycles. The Balaban J connectivity index is 2.52. The van der Waals surface area contributed by atoms with Gasteiger partial charge < -0.3 is 4.52 Å². The van der Waals surface area contributed by atoms with Gasteiger partial charge in [0.05, 0.1) is 6.39 Å². The van der Waals surface area contributed by atoms with Crippen molar-refractivity contribution in [2.24, 2.45) is 0 Å². The van der Waals surface area contributed by atoms with Gasteiger partial charge >= 0.3 is 7.82 Å². The number of hydrogen-bond donors (Lipinski definition) is 2. The first-order chi connectivity index (χ1) is 8.88. The van der Waals surface area contributed by atoms with Crippen LogP contribution in [0, 0.1) is 0 Å². The molecule has 2 aromatic rings. The van der Waals surface area contributed by atoms with Crippen molar-refractivity contribution in [3.63, 3.8) is 0 Å². The normalized spacial score (nSPS) is 12.1. The summed E-state index contributed by atoms with van der Waals surface area (Å²) in [5, 5.41) is 0.0607. The molecule has 0 unspecified atom stereocenters. The van der Waals surface area contributed by atoms with Crippen molar-refractivity contribution in [1.82, 2.24) is 0 Å². The van der Waals surface area contributed by atoms with Gasteiger partial charge in [0.15, 0.2) is 5.75 Å². The molecular weight excluding hydrogens is 275 g/mol. The molecule has 0 amide bonds. The lowest BCUT2D eigenvalue weighted by Crippen LogP contribution is -1.92. The Morgan fingerprint density at radius 2 is 1.94 bits per heavy atom. The molecule has 2 N–H and O–H groups in total. The standard InChI is InChI=1S/C12H10ClO4P/c13-12-10(9-5-2-1-3-6-9)7-4-8-11(12)17-18(14,15)16/h1-8H,(H2,14,15,16)/i5D. The molecule has 0 radical (unpaired) electrons. The van der Waals surface area contributed by atoms with Crippen LogP contribution in [0.3, 0.4) is 0 Å². The fraction of sp³-hybridized carbons (Fsp3) is 0. The molecule has 94 valence electrons. The largest absolute Gasteiger partial charge is 0.524 e. The molecule has 0 fully saturated rings. The third kappa shape index (κ3) is 3.12. The molecule has 6 heteroatoms. The van der Waals surface area contributed by atoms with Gasteiger partial charge in [-0.25, -0.2) is 4.57 Å². The van der Waals surface area contributed by atoms with Crippen LogP contribution in [-0.2, 0) is 4.57 Å². The van der Waals surface area contributed by atoms with Crippen LogP contribution in [0.2, 0.25) is 5.02 Å². The molecule has 0 heterocycles. The van der Waals surface area contributed by atoms with Crippen LogP contribution in [0.1, 0.15) is 1.37 Å². The van der Waals surface area contributed by atoms with Crippen molar-refractivity contribution in [2.75, 3.05) is 0 Å². The Bertz CT molecular complexity index is 656. The molecule has 0 bridgehead atoms. The van der Waals surface area contributed by atoms with Gasteiger partial charge in [0, 0.05) is 5.56 Å². The Morgan fingerprint density at radius 1 is 1.17 bits per heavy atom. The van der Waals surface area contributed by atoms with Gasteiger partial charge in [0.2, 0.25) is 0 Å². The minimum atomic E-state index is -4.67. The number of hydrogen-bond acceptors (Lipinski definition) is 2. The van der Waals surface area contributed by atoms with Gasteiger partial charge in [0.1, 0.15) is 0 Å². The summed E-state index contributed by atoms with van der Waals surface area (Å²) in [5.74, 6) is -0.115. The molecule has 0 saturated carbocycles. The lowest BCUT2D eigenvalue weighted by Gasteiger charge is -2.11. The minimum absolute atomic E-state index is 0.0607. The lowest BCUT2D eigenvalue weighted by atomic mass is 10.1. The van der Waals surface area contributed by atoms with E-state index in [0.717, 1.165) is 0 Å². The van der Waals surface area contributed by atoms with Crippen LogP contribution >= 0.6 is 19.4 Å². The van der Waals surface area contributed by atoms with Crippen LogP contribution < -0.4 is 4.52 Å². The van der Waals surface area contributed by atoms with Crippen molar-refractivity contribution < 1.29 is 20.2 Å². The predicted molar refractivity (Wildman–Crippen MR) is 69.6 cm³/mol. The molecule has 0 saturated heterocycles. The molecule has 4 nitrogen and oxygen atoms in total. The summed E-state index contributed by atoms with van der Waals surface area (Å²) in [4.78, 5) is 17.6. The molecule has 0 aromatic heterocycles. The van der Waals surface area contributed by atoms with Gasteiger partial charge in [0.25, 0.3) is 0 Å². The zero-order chi connectivity index (χ0) is 14.0. The third-order valence-electron chi connectivity index (χ3n) is 2.18. The van der Waals surface area contributed by atoms with E-state index in [2.05, 4.69) is 4.52 Å². The molecule has 0 spiro atoms. The van der Waals surface area contributed by atoms with E-state index in [1.807, 2.05) is 0 Å². The molecule has 0 aliphatic carbocycles.